The molecule has 0 aromatic heterocycles. The summed E-state index contributed by atoms with van der Waals surface area (Å²) >= 11 is 6.12. The molecular weight excluding hydrogens is 381 g/mol. The Morgan fingerprint density at radius 2 is 2.11 bits per heavy atom. The second kappa shape index (κ2) is 9.64. The van der Waals surface area contributed by atoms with Crippen LogP contribution in [0.4, 0.5) is 4.39 Å². The van der Waals surface area contributed by atoms with Crippen LogP contribution in [0.2, 0.25) is 5.02 Å². The van der Waals surface area contributed by atoms with E-state index in [4.69, 9.17) is 21.1 Å². The predicted molar refractivity (Wildman–Crippen MR) is 108 cm³/mol. The summed E-state index contributed by atoms with van der Waals surface area (Å²) in [6.07, 6.45) is 5.15. The molecule has 154 valence electrons. The molecule has 6 heteroatoms. The molecule has 0 spiro atoms. The standard InChI is InChI=1S/C22H29ClFNO3/c1-3-21(28-22-5-4-19(24)12-20(22)23)17-6-8-25(9-7-17)15(2)18-10-16(11-18)13-27-14-26/h4-5,12,14,16-18,21H,2-3,6-11,13H2,1H3. The van der Waals surface area contributed by atoms with Crippen LogP contribution < -0.4 is 4.74 Å². The van der Waals surface area contributed by atoms with E-state index in [1.165, 1.54) is 17.8 Å². The highest BCUT2D eigenvalue weighted by atomic mass is 35.5. The predicted octanol–water partition coefficient (Wildman–Crippen LogP) is 5.06. The molecule has 1 saturated heterocycles. The molecule has 0 amide bonds. The largest absolute Gasteiger partial charge is 0.489 e. The highest BCUT2D eigenvalue weighted by molar-refractivity contribution is 6.32. The van der Waals surface area contributed by atoms with Crippen LogP contribution in [0.25, 0.3) is 0 Å². The van der Waals surface area contributed by atoms with Gasteiger partial charge < -0.3 is 14.4 Å². The van der Waals surface area contributed by atoms with Crippen molar-refractivity contribution in [3.05, 3.63) is 41.3 Å². The van der Waals surface area contributed by atoms with E-state index in [-0.39, 0.29) is 11.9 Å². The molecule has 1 saturated carbocycles. The first-order valence-electron chi connectivity index (χ1n) is 10.1. The van der Waals surface area contributed by atoms with Crippen molar-refractivity contribution in [3.8, 4) is 5.75 Å². The van der Waals surface area contributed by atoms with Crippen molar-refractivity contribution < 1.29 is 18.7 Å². The molecule has 4 nitrogen and oxygen atoms in total. The second-order valence-electron chi connectivity index (χ2n) is 7.92. The smallest absolute Gasteiger partial charge is 0.293 e. The van der Waals surface area contributed by atoms with Gasteiger partial charge in [-0.15, -0.1) is 0 Å². The average molecular weight is 410 g/mol. The second-order valence-corrected chi connectivity index (χ2v) is 8.33. The minimum atomic E-state index is -0.354. The van der Waals surface area contributed by atoms with Crippen LogP contribution in [-0.4, -0.2) is 37.2 Å². The fraction of sp³-hybridized carbons (Fsp3) is 0.591. The van der Waals surface area contributed by atoms with Crippen LogP contribution in [0.3, 0.4) is 0 Å². The fourth-order valence-corrected chi connectivity index (χ4v) is 4.59. The van der Waals surface area contributed by atoms with Gasteiger partial charge in [-0.25, -0.2) is 4.39 Å². The molecule has 1 aromatic carbocycles. The number of likely N-dealkylation sites (tertiary alicyclic amines) is 1. The highest BCUT2D eigenvalue weighted by Crippen LogP contribution is 2.41. The summed E-state index contributed by atoms with van der Waals surface area (Å²) in [5, 5.41) is 0.322. The minimum Gasteiger partial charge on any atom is -0.489 e. The van der Waals surface area contributed by atoms with Gasteiger partial charge in [0.2, 0.25) is 0 Å². The van der Waals surface area contributed by atoms with Gasteiger partial charge in [-0.05, 0) is 68.1 Å². The van der Waals surface area contributed by atoms with Crippen LogP contribution >= 0.6 is 11.6 Å². The van der Waals surface area contributed by atoms with Crippen molar-refractivity contribution >= 4 is 18.1 Å². The van der Waals surface area contributed by atoms with Crippen molar-refractivity contribution in [3.63, 3.8) is 0 Å². The van der Waals surface area contributed by atoms with E-state index in [9.17, 15) is 9.18 Å². The average Bonchev–Trinajstić information content (AvgIpc) is 2.66. The van der Waals surface area contributed by atoms with Crippen molar-refractivity contribution in [2.24, 2.45) is 17.8 Å². The van der Waals surface area contributed by atoms with Crippen molar-refractivity contribution in [2.75, 3.05) is 19.7 Å². The van der Waals surface area contributed by atoms with Gasteiger partial charge in [-0.3, -0.25) is 4.79 Å². The third-order valence-corrected chi connectivity index (χ3v) is 6.45. The maximum Gasteiger partial charge on any atom is 0.293 e. The molecule has 0 radical (unpaired) electrons. The van der Waals surface area contributed by atoms with Crippen LogP contribution in [-0.2, 0) is 9.53 Å². The zero-order valence-electron chi connectivity index (χ0n) is 16.4. The van der Waals surface area contributed by atoms with Crippen molar-refractivity contribution in [1.29, 1.82) is 0 Å². The summed E-state index contributed by atoms with van der Waals surface area (Å²) in [6, 6.07) is 4.29. The number of halogens is 2. The van der Waals surface area contributed by atoms with E-state index in [0.717, 1.165) is 45.2 Å². The Bertz CT molecular complexity index is 684. The molecular formula is C22H29ClFNO3. The molecule has 2 aliphatic rings. The monoisotopic (exact) mass is 409 g/mol. The molecule has 1 aliphatic carbocycles. The van der Waals surface area contributed by atoms with E-state index in [0.29, 0.717) is 41.6 Å². The molecule has 0 N–H and O–H groups in total. The lowest BCUT2D eigenvalue weighted by molar-refractivity contribution is -0.131. The van der Waals surface area contributed by atoms with E-state index in [1.54, 1.807) is 6.07 Å². The number of benzene rings is 1. The highest BCUT2D eigenvalue weighted by Gasteiger charge is 2.35. The lowest BCUT2D eigenvalue weighted by Crippen LogP contribution is -2.42. The molecule has 1 atom stereocenters. The van der Waals surface area contributed by atoms with Crippen molar-refractivity contribution in [1.82, 2.24) is 4.90 Å². The van der Waals surface area contributed by atoms with E-state index >= 15 is 0 Å². The molecule has 2 fully saturated rings. The van der Waals surface area contributed by atoms with Gasteiger partial charge in [0.25, 0.3) is 6.47 Å². The normalized spacial score (nSPS) is 23.6. The lowest BCUT2D eigenvalue weighted by Gasteiger charge is -2.44. The maximum absolute atomic E-state index is 13.2. The zero-order chi connectivity index (χ0) is 20.1. The lowest BCUT2D eigenvalue weighted by atomic mass is 9.73. The van der Waals surface area contributed by atoms with Crippen LogP contribution in [0, 0.1) is 23.6 Å². The molecule has 1 unspecified atom stereocenters. The van der Waals surface area contributed by atoms with Crippen molar-refractivity contribution in [2.45, 2.75) is 45.1 Å². The molecule has 28 heavy (non-hydrogen) atoms. The maximum atomic E-state index is 13.2. The first-order chi connectivity index (χ1) is 13.5. The summed E-state index contributed by atoms with van der Waals surface area (Å²) in [5.74, 6) is 1.63. The number of hydrogen-bond donors (Lipinski definition) is 0. The molecule has 0 bridgehead atoms. The Balaban J connectivity index is 1.47. The summed E-state index contributed by atoms with van der Waals surface area (Å²) < 4.78 is 24.2. The van der Waals surface area contributed by atoms with Crippen LogP contribution in [0.15, 0.2) is 30.5 Å². The van der Waals surface area contributed by atoms with E-state index in [1.807, 2.05) is 0 Å². The van der Waals surface area contributed by atoms with Crippen LogP contribution in [0.1, 0.15) is 39.0 Å². The number of hydrogen-bond acceptors (Lipinski definition) is 4. The van der Waals surface area contributed by atoms with E-state index in [2.05, 4.69) is 18.4 Å². The number of piperidine rings is 1. The molecule has 1 aromatic rings. The fourth-order valence-electron chi connectivity index (χ4n) is 4.38. The number of nitrogens with zero attached hydrogens (tertiary/aromatic N) is 1. The van der Waals surface area contributed by atoms with Crippen LogP contribution in [0.5, 0.6) is 5.75 Å². The number of carbonyl (C=O) groups is 1. The Labute approximate surface area is 171 Å². The SMILES string of the molecule is C=C(C1CC(COC=O)C1)N1CCC(C(CC)Oc2ccc(F)cc2Cl)CC1. The Kier molecular flexibility index (Phi) is 7.22. The Morgan fingerprint density at radius 3 is 2.71 bits per heavy atom. The summed E-state index contributed by atoms with van der Waals surface area (Å²) in [4.78, 5) is 12.7. The zero-order valence-corrected chi connectivity index (χ0v) is 17.2. The summed E-state index contributed by atoms with van der Waals surface area (Å²) in [6.45, 7) is 9.45. The van der Waals surface area contributed by atoms with Gasteiger partial charge >= 0.3 is 0 Å². The summed E-state index contributed by atoms with van der Waals surface area (Å²) in [5.41, 5.74) is 1.22. The number of allylic oxidation sites excluding steroid dienone is 1. The minimum absolute atomic E-state index is 0.0759. The van der Waals surface area contributed by atoms with Gasteiger partial charge in [-0.2, -0.15) is 0 Å². The van der Waals surface area contributed by atoms with Gasteiger partial charge in [0.1, 0.15) is 17.7 Å². The Hall–Kier alpha value is -1.75. The quantitative estimate of drug-likeness (QED) is 0.534. The van der Waals surface area contributed by atoms with Gasteiger partial charge in [0.05, 0.1) is 11.6 Å². The number of ether oxygens (including phenoxy) is 2. The number of carbonyl (C=O) groups excluding carboxylic acids is 1. The third-order valence-electron chi connectivity index (χ3n) is 6.15. The first-order valence-corrected chi connectivity index (χ1v) is 10.5. The topological polar surface area (TPSA) is 38.8 Å². The van der Waals surface area contributed by atoms with Gasteiger partial charge in [-0.1, -0.05) is 25.1 Å². The Morgan fingerprint density at radius 1 is 1.39 bits per heavy atom. The number of rotatable bonds is 9. The van der Waals surface area contributed by atoms with E-state index < -0.39 is 0 Å². The third kappa shape index (κ3) is 4.99. The summed E-state index contributed by atoms with van der Waals surface area (Å²) in [7, 11) is 0. The molecule has 1 aliphatic heterocycles. The first kappa shape index (κ1) is 21.0. The molecule has 1 heterocycles. The van der Waals surface area contributed by atoms with Gasteiger partial charge in [0, 0.05) is 18.8 Å². The molecule has 3 rings (SSSR count). The van der Waals surface area contributed by atoms with Gasteiger partial charge in [0.15, 0.2) is 0 Å².